The van der Waals surface area contributed by atoms with E-state index in [-0.39, 0.29) is 11.2 Å². The number of rotatable bonds is 5. The maximum atomic E-state index is 12.3. The molecular formula is C17H18N4OS. The van der Waals surface area contributed by atoms with Crippen LogP contribution in [0.2, 0.25) is 0 Å². The maximum Gasteiger partial charge on any atom is 0.237 e. The first-order chi connectivity index (χ1) is 11.2. The van der Waals surface area contributed by atoms with Crippen molar-refractivity contribution in [3.05, 3.63) is 48.3 Å². The summed E-state index contributed by atoms with van der Waals surface area (Å²) >= 11 is 1.35. The quantitative estimate of drug-likeness (QED) is 0.702. The third kappa shape index (κ3) is 3.71. The van der Waals surface area contributed by atoms with E-state index in [1.165, 1.54) is 11.8 Å². The Bertz CT molecular complexity index is 830. The topological polar surface area (TPSA) is 70.7 Å². The predicted molar refractivity (Wildman–Crippen MR) is 93.7 cm³/mol. The molecule has 0 saturated heterocycles. The monoisotopic (exact) mass is 326 g/mol. The van der Waals surface area contributed by atoms with E-state index in [0.29, 0.717) is 5.16 Å². The van der Waals surface area contributed by atoms with Gasteiger partial charge < -0.3 is 5.32 Å². The summed E-state index contributed by atoms with van der Waals surface area (Å²) in [4.78, 5) is 16.6. The molecule has 118 valence electrons. The van der Waals surface area contributed by atoms with E-state index in [9.17, 15) is 4.79 Å². The van der Waals surface area contributed by atoms with Gasteiger partial charge in [-0.1, -0.05) is 49.0 Å². The van der Waals surface area contributed by atoms with Gasteiger partial charge >= 0.3 is 0 Å². The van der Waals surface area contributed by atoms with Crippen LogP contribution in [0.3, 0.4) is 0 Å². The number of aryl methyl sites for hydroxylation is 1. The van der Waals surface area contributed by atoms with Crippen LogP contribution in [0.4, 0.5) is 5.69 Å². The minimum Gasteiger partial charge on any atom is -0.325 e. The van der Waals surface area contributed by atoms with Gasteiger partial charge in [0.15, 0.2) is 0 Å². The Labute approximate surface area is 138 Å². The lowest BCUT2D eigenvalue weighted by Crippen LogP contribution is -2.22. The molecule has 23 heavy (non-hydrogen) atoms. The smallest absolute Gasteiger partial charge is 0.237 e. The standard InChI is InChI=1S/C17H18N4OS/c1-3-15-19-17(21-20-15)23-11(2)16(22)18-14-9-8-12-6-4-5-7-13(12)10-14/h4-11H,3H2,1-2H3,(H,18,22)(H,19,20,21). The number of aromatic amines is 1. The van der Waals surface area contributed by atoms with Crippen molar-refractivity contribution >= 4 is 34.1 Å². The van der Waals surface area contributed by atoms with Crippen molar-refractivity contribution in [1.29, 1.82) is 0 Å². The Morgan fingerprint density at radius 1 is 1.26 bits per heavy atom. The number of thioether (sulfide) groups is 1. The minimum absolute atomic E-state index is 0.0619. The van der Waals surface area contributed by atoms with Crippen molar-refractivity contribution in [2.45, 2.75) is 30.7 Å². The molecule has 1 heterocycles. The molecule has 0 bridgehead atoms. The van der Waals surface area contributed by atoms with Gasteiger partial charge in [-0.25, -0.2) is 4.98 Å². The van der Waals surface area contributed by atoms with Crippen LogP contribution in [0.15, 0.2) is 47.6 Å². The highest BCUT2D eigenvalue weighted by molar-refractivity contribution is 8.00. The lowest BCUT2D eigenvalue weighted by molar-refractivity contribution is -0.115. The average Bonchev–Trinajstić information content (AvgIpc) is 3.02. The Hall–Kier alpha value is -2.34. The fraction of sp³-hybridized carbons (Fsp3) is 0.235. The Kier molecular flexibility index (Phi) is 4.62. The molecule has 0 aliphatic carbocycles. The van der Waals surface area contributed by atoms with E-state index in [1.807, 2.05) is 56.3 Å². The van der Waals surface area contributed by atoms with Gasteiger partial charge in [-0.15, -0.1) is 5.10 Å². The molecule has 0 spiro atoms. The number of hydrogen-bond acceptors (Lipinski definition) is 4. The summed E-state index contributed by atoms with van der Waals surface area (Å²) in [6.45, 7) is 3.86. The van der Waals surface area contributed by atoms with E-state index in [1.54, 1.807) is 0 Å². The van der Waals surface area contributed by atoms with Crippen molar-refractivity contribution < 1.29 is 4.79 Å². The number of H-pyrrole nitrogens is 1. The number of amides is 1. The van der Waals surface area contributed by atoms with Crippen LogP contribution >= 0.6 is 11.8 Å². The molecule has 0 fully saturated rings. The highest BCUT2D eigenvalue weighted by Crippen LogP contribution is 2.22. The number of carbonyl (C=O) groups excluding carboxylic acids is 1. The van der Waals surface area contributed by atoms with E-state index in [4.69, 9.17) is 0 Å². The second kappa shape index (κ2) is 6.83. The minimum atomic E-state index is -0.276. The van der Waals surface area contributed by atoms with Gasteiger partial charge in [-0.2, -0.15) is 0 Å². The molecule has 0 saturated carbocycles. The first-order valence-electron chi connectivity index (χ1n) is 7.53. The molecule has 0 aliphatic rings. The summed E-state index contributed by atoms with van der Waals surface area (Å²) < 4.78 is 0. The molecule has 1 amide bonds. The Morgan fingerprint density at radius 3 is 2.78 bits per heavy atom. The molecule has 0 aliphatic heterocycles. The number of benzene rings is 2. The van der Waals surface area contributed by atoms with Gasteiger partial charge in [0, 0.05) is 12.1 Å². The molecule has 1 atom stereocenters. The number of hydrogen-bond donors (Lipinski definition) is 2. The number of carbonyl (C=O) groups is 1. The number of nitrogens with zero attached hydrogens (tertiary/aromatic N) is 2. The van der Waals surface area contributed by atoms with Gasteiger partial charge in [0.25, 0.3) is 0 Å². The van der Waals surface area contributed by atoms with Crippen molar-refractivity contribution in [2.24, 2.45) is 0 Å². The van der Waals surface area contributed by atoms with Crippen LogP contribution in [0.25, 0.3) is 10.8 Å². The third-order valence-electron chi connectivity index (χ3n) is 3.51. The SMILES string of the molecule is CCc1nc(SC(C)C(=O)Nc2ccc3ccccc3c2)n[nH]1. The van der Waals surface area contributed by atoms with Gasteiger partial charge in [0.05, 0.1) is 5.25 Å². The largest absolute Gasteiger partial charge is 0.325 e. The fourth-order valence-corrected chi connectivity index (χ4v) is 2.95. The summed E-state index contributed by atoms with van der Waals surface area (Å²) in [6, 6.07) is 14.0. The molecule has 0 radical (unpaired) electrons. The zero-order valence-corrected chi connectivity index (χ0v) is 13.9. The highest BCUT2D eigenvalue weighted by atomic mass is 32.2. The lowest BCUT2D eigenvalue weighted by atomic mass is 10.1. The van der Waals surface area contributed by atoms with Crippen LogP contribution in [0.1, 0.15) is 19.7 Å². The molecule has 2 N–H and O–H groups in total. The zero-order valence-electron chi connectivity index (χ0n) is 13.0. The van der Waals surface area contributed by atoms with E-state index in [0.717, 1.165) is 28.7 Å². The molecule has 2 aromatic carbocycles. The van der Waals surface area contributed by atoms with Crippen LogP contribution in [0.5, 0.6) is 0 Å². The van der Waals surface area contributed by atoms with Crippen LogP contribution in [0, 0.1) is 0 Å². The fourth-order valence-electron chi connectivity index (χ4n) is 2.21. The maximum absolute atomic E-state index is 12.3. The summed E-state index contributed by atoms with van der Waals surface area (Å²) in [5.74, 6) is 0.766. The summed E-state index contributed by atoms with van der Waals surface area (Å²) in [6.07, 6.45) is 0.797. The predicted octanol–water partition coefficient (Wildman–Crippen LogP) is 3.64. The number of nitrogens with one attached hydrogen (secondary N) is 2. The zero-order chi connectivity index (χ0) is 16.2. The van der Waals surface area contributed by atoms with Crippen LogP contribution in [-0.4, -0.2) is 26.3 Å². The Balaban J connectivity index is 1.66. The second-order valence-corrected chi connectivity index (χ2v) is 6.54. The van der Waals surface area contributed by atoms with Crippen molar-refractivity contribution in [2.75, 3.05) is 5.32 Å². The second-order valence-electron chi connectivity index (χ2n) is 5.23. The summed E-state index contributed by atoms with van der Waals surface area (Å²) in [5, 5.41) is 12.5. The average molecular weight is 326 g/mol. The first-order valence-corrected chi connectivity index (χ1v) is 8.41. The number of anilines is 1. The van der Waals surface area contributed by atoms with Crippen molar-refractivity contribution in [3.8, 4) is 0 Å². The summed E-state index contributed by atoms with van der Waals surface area (Å²) in [5.41, 5.74) is 0.797. The van der Waals surface area contributed by atoms with E-state index < -0.39 is 0 Å². The van der Waals surface area contributed by atoms with E-state index >= 15 is 0 Å². The molecule has 1 aromatic heterocycles. The summed E-state index contributed by atoms with van der Waals surface area (Å²) in [7, 11) is 0. The number of fused-ring (bicyclic) bond motifs is 1. The first kappa shape index (κ1) is 15.6. The van der Waals surface area contributed by atoms with Gasteiger partial charge in [0.2, 0.25) is 11.1 Å². The highest BCUT2D eigenvalue weighted by Gasteiger charge is 2.17. The number of aromatic nitrogens is 3. The third-order valence-corrected chi connectivity index (χ3v) is 4.48. The molecular weight excluding hydrogens is 308 g/mol. The van der Waals surface area contributed by atoms with Gasteiger partial charge in [0.1, 0.15) is 5.82 Å². The lowest BCUT2D eigenvalue weighted by Gasteiger charge is -2.10. The molecule has 3 aromatic rings. The van der Waals surface area contributed by atoms with Crippen LogP contribution in [-0.2, 0) is 11.2 Å². The van der Waals surface area contributed by atoms with Gasteiger partial charge in [-0.3, -0.25) is 9.89 Å². The molecule has 6 heteroatoms. The van der Waals surface area contributed by atoms with E-state index in [2.05, 4.69) is 20.5 Å². The Morgan fingerprint density at radius 2 is 2.04 bits per heavy atom. The molecule has 5 nitrogen and oxygen atoms in total. The van der Waals surface area contributed by atoms with Crippen LogP contribution < -0.4 is 5.32 Å². The molecule has 3 rings (SSSR count). The normalized spacial score (nSPS) is 12.3. The van der Waals surface area contributed by atoms with Crippen molar-refractivity contribution in [3.63, 3.8) is 0 Å². The van der Waals surface area contributed by atoms with Crippen molar-refractivity contribution in [1.82, 2.24) is 15.2 Å². The molecule has 1 unspecified atom stereocenters. The van der Waals surface area contributed by atoms with Gasteiger partial charge in [-0.05, 0) is 29.8 Å².